The Balaban J connectivity index is 2.56. The van der Waals surface area contributed by atoms with Crippen molar-refractivity contribution in [2.24, 2.45) is 0 Å². The van der Waals surface area contributed by atoms with Gasteiger partial charge in [0.1, 0.15) is 5.75 Å². The van der Waals surface area contributed by atoms with Crippen molar-refractivity contribution < 1.29 is 27.5 Å². The van der Waals surface area contributed by atoms with Crippen molar-refractivity contribution in [3.05, 3.63) is 24.3 Å². The van der Waals surface area contributed by atoms with Crippen LogP contribution in [0.5, 0.6) is 5.75 Å². The molecule has 0 saturated carbocycles. The predicted molar refractivity (Wildman–Crippen MR) is 70.0 cm³/mol. The highest BCUT2D eigenvalue weighted by molar-refractivity contribution is 5.94. The summed E-state index contributed by atoms with van der Waals surface area (Å²) in [5.41, 5.74) is 0.276. The number of carbonyl (C=O) groups is 2. The minimum absolute atomic E-state index is 0.126. The average Bonchev–Trinajstić information content (AvgIpc) is 2.38. The van der Waals surface area contributed by atoms with E-state index in [0.717, 1.165) is 12.1 Å². The van der Waals surface area contributed by atoms with Crippen LogP contribution in [0, 0.1) is 0 Å². The van der Waals surface area contributed by atoms with E-state index in [4.69, 9.17) is 0 Å². The summed E-state index contributed by atoms with van der Waals surface area (Å²) in [6.07, 6.45) is -4.47. The third kappa shape index (κ3) is 6.15. The molecule has 1 unspecified atom stereocenters. The summed E-state index contributed by atoms with van der Waals surface area (Å²) in [4.78, 5) is 22.9. The predicted octanol–water partition coefficient (Wildman–Crippen LogP) is 3.07. The van der Waals surface area contributed by atoms with Gasteiger partial charge in [-0.25, -0.2) is 4.79 Å². The van der Waals surface area contributed by atoms with E-state index >= 15 is 0 Å². The Morgan fingerprint density at radius 2 is 1.81 bits per heavy atom. The smallest absolute Gasteiger partial charge is 0.406 e. The number of hydrogen-bond donors (Lipinski definition) is 2. The quantitative estimate of drug-likeness (QED) is 0.878. The number of alkyl halides is 3. The molecule has 0 radical (unpaired) electrons. The van der Waals surface area contributed by atoms with Gasteiger partial charge in [0, 0.05) is 12.1 Å². The first-order chi connectivity index (χ1) is 9.71. The summed E-state index contributed by atoms with van der Waals surface area (Å²) in [7, 11) is 0. The number of hydrogen-bond acceptors (Lipinski definition) is 3. The van der Waals surface area contributed by atoms with E-state index in [2.05, 4.69) is 15.4 Å². The second kappa shape index (κ2) is 6.96. The van der Waals surface area contributed by atoms with E-state index in [-0.39, 0.29) is 17.2 Å². The normalized spacial score (nSPS) is 12.4. The Bertz CT molecular complexity index is 500. The first-order valence-corrected chi connectivity index (χ1v) is 6.17. The number of ketones is 1. The van der Waals surface area contributed by atoms with E-state index in [1.807, 2.05) is 0 Å². The van der Waals surface area contributed by atoms with Gasteiger partial charge in [0.2, 0.25) is 0 Å². The minimum atomic E-state index is -4.76. The van der Waals surface area contributed by atoms with Crippen molar-refractivity contribution in [2.75, 3.05) is 5.32 Å². The first-order valence-electron chi connectivity index (χ1n) is 6.17. The molecule has 2 amide bonds. The molecule has 0 aliphatic carbocycles. The van der Waals surface area contributed by atoms with Gasteiger partial charge in [0.05, 0.1) is 6.04 Å². The van der Waals surface area contributed by atoms with E-state index in [9.17, 15) is 22.8 Å². The number of Topliss-reactive ketones (excluding diaryl/α,β-unsaturated/α-hetero) is 1. The molecule has 21 heavy (non-hydrogen) atoms. The molecule has 1 aromatic carbocycles. The zero-order valence-corrected chi connectivity index (χ0v) is 11.5. The lowest BCUT2D eigenvalue weighted by atomic mass is 10.2. The van der Waals surface area contributed by atoms with Crippen LogP contribution < -0.4 is 15.4 Å². The van der Waals surface area contributed by atoms with Gasteiger partial charge in [0.15, 0.2) is 5.78 Å². The summed E-state index contributed by atoms with van der Waals surface area (Å²) in [5.74, 6) is -0.512. The molecule has 5 nitrogen and oxygen atoms in total. The van der Waals surface area contributed by atoms with Crippen LogP contribution in [0.3, 0.4) is 0 Å². The van der Waals surface area contributed by atoms with E-state index in [0.29, 0.717) is 6.42 Å². The molecule has 0 bridgehead atoms. The summed E-state index contributed by atoms with van der Waals surface area (Å²) in [6, 6.07) is 3.41. The fourth-order valence-electron chi connectivity index (χ4n) is 1.49. The Hall–Kier alpha value is -2.25. The van der Waals surface area contributed by atoms with Crippen molar-refractivity contribution in [3.8, 4) is 5.75 Å². The molecule has 0 spiro atoms. The summed E-state index contributed by atoms with van der Waals surface area (Å²) >= 11 is 0. The van der Waals surface area contributed by atoms with Crippen molar-refractivity contribution in [3.63, 3.8) is 0 Å². The van der Waals surface area contributed by atoms with Crippen LogP contribution in [0.4, 0.5) is 23.7 Å². The number of halogens is 3. The largest absolute Gasteiger partial charge is 0.573 e. The van der Waals surface area contributed by atoms with Gasteiger partial charge in [-0.1, -0.05) is 6.92 Å². The highest BCUT2D eigenvalue weighted by Gasteiger charge is 2.30. The fourth-order valence-corrected chi connectivity index (χ4v) is 1.49. The number of benzene rings is 1. The molecular formula is C13H15F3N2O3. The molecule has 2 N–H and O–H groups in total. The van der Waals surface area contributed by atoms with Crippen LogP contribution in [0.2, 0.25) is 0 Å². The number of carbonyl (C=O) groups excluding carboxylic acids is 2. The van der Waals surface area contributed by atoms with Gasteiger partial charge < -0.3 is 15.4 Å². The number of ether oxygens (including phenoxy) is 1. The van der Waals surface area contributed by atoms with Gasteiger partial charge in [-0.15, -0.1) is 13.2 Å². The van der Waals surface area contributed by atoms with Gasteiger partial charge in [0.25, 0.3) is 0 Å². The monoisotopic (exact) mass is 304 g/mol. The summed E-state index contributed by atoms with van der Waals surface area (Å²) < 4.78 is 39.6. The average molecular weight is 304 g/mol. The maximum absolute atomic E-state index is 12.0. The molecule has 0 saturated heterocycles. The van der Waals surface area contributed by atoms with Crippen LogP contribution >= 0.6 is 0 Å². The molecule has 0 aromatic heterocycles. The van der Waals surface area contributed by atoms with E-state index in [1.54, 1.807) is 13.8 Å². The molecule has 0 aliphatic rings. The highest BCUT2D eigenvalue weighted by Crippen LogP contribution is 2.23. The number of amides is 2. The number of nitrogens with one attached hydrogen (secondary N) is 2. The second-order valence-corrected chi connectivity index (χ2v) is 4.21. The van der Waals surface area contributed by atoms with Gasteiger partial charge >= 0.3 is 12.4 Å². The first kappa shape index (κ1) is 16.8. The lowest BCUT2D eigenvalue weighted by Crippen LogP contribution is -2.40. The molecular weight excluding hydrogens is 289 g/mol. The summed E-state index contributed by atoms with van der Waals surface area (Å²) in [6.45, 7) is 3.23. The van der Waals surface area contributed by atoms with E-state index < -0.39 is 18.4 Å². The van der Waals surface area contributed by atoms with Crippen LogP contribution in [0.25, 0.3) is 0 Å². The van der Waals surface area contributed by atoms with Gasteiger partial charge in [-0.3, -0.25) is 4.79 Å². The second-order valence-electron chi connectivity index (χ2n) is 4.21. The van der Waals surface area contributed by atoms with Crippen molar-refractivity contribution in [1.82, 2.24) is 5.32 Å². The third-order valence-electron chi connectivity index (χ3n) is 2.52. The SMILES string of the molecule is CCC(=O)C(C)NC(=O)Nc1ccc(OC(F)(F)F)cc1. The fraction of sp³-hybridized carbons (Fsp3) is 0.385. The molecule has 0 fully saturated rings. The van der Waals surface area contributed by atoms with Crippen LogP contribution in [-0.2, 0) is 4.79 Å². The van der Waals surface area contributed by atoms with Gasteiger partial charge in [-0.2, -0.15) is 0 Å². The zero-order valence-electron chi connectivity index (χ0n) is 11.5. The Kier molecular flexibility index (Phi) is 5.57. The highest BCUT2D eigenvalue weighted by atomic mass is 19.4. The van der Waals surface area contributed by atoms with Crippen molar-refractivity contribution in [2.45, 2.75) is 32.7 Å². The lowest BCUT2D eigenvalue weighted by Gasteiger charge is -2.13. The third-order valence-corrected chi connectivity index (χ3v) is 2.52. The maximum Gasteiger partial charge on any atom is 0.573 e. The summed E-state index contributed by atoms with van der Waals surface area (Å²) in [5, 5.41) is 4.82. The Labute approximate surface area is 119 Å². The molecule has 0 aliphatic heterocycles. The number of rotatable bonds is 5. The maximum atomic E-state index is 12.0. The lowest BCUT2D eigenvalue weighted by molar-refractivity contribution is -0.274. The molecule has 8 heteroatoms. The number of urea groups is 1. The molecule has 1 rings (SSSR count). The van der Waals surface area contributed by atoms with Crippen LogP contribution in [-0.4, -0.2) is 24.2 Å². The van der Waals surface area contributed by atoms with Crippen molar-refractivity contribution in [1.29, 1.82) is 0 Å². The van der Waals surface area contributed by atoms with Crippen molar-refractivity contribution >= 4 is 17.5 Å². The van der Waals surface area contributed by atoms with Gasteiger partial charge in [-0.05, 0) is 31.2 Å². The zero-order chi connectivity index (χ0) is 16.0. The Morgan fingerprint density at radius 1 is 1.24 bits per heavy atom. The van der Waals surface area contributed by atoms with Crippen LogP contribution in [0.15, 0.2) is 24.3 Å². The van der Waals surface area contributed by atoms with Crippen LogP contribution in [0.1, 0.15) is 20.3 Å². The Morgan fingerprint density at radius 3 is 2.29 bits per heavy atom. The molecule has 0 heterocycles. The molecule has 116 valence electrons. The minimum Gasteiger partial charge on any atom is -0.406 e. The molecule has 1 aromatic rings. The number of anilines is 1. The molecule has 1 atom stereocenters. The standard InChI is InChI=1S/C13H15F3N2O3/c1-3-11(19)8(2)17-12(20)18-9-4-6-10(7-5-9)21-13(14,15)16/h4-8H,3H2,1-2H3,(H2,17,18,20). The topological polar surface area (TPSA) is 67.4 Å². The van der Waals surface area contributed by atoms with E-state index in [1.165, 1.54) is 12.1 Å².